The molecule has 1 aliphatic carbocycles. The van der Waals surface area contributed by atoms with Gasteiger partial charge in [-0.1, -0.05) is 12.1 Å². The minimum atomic E-state index is -0.358. The van der Waals surface area contributed by atoms with E-state index in [1.807, 2.05) is 23.1 Å². The number of nitrogens with one attached hydrogen (secondary N) is 1. The van der Waals surface area contributed by atoms with Crippen molar-refractivity contribution in [3.05, 3.63) is 65.7 Å². The maximum atomic E-state index is 13.5. The maximum absolute atomic E-state index is 13.5. The van der Waals surface area contributed by atoms with Crippen molar-refractivity contribution in [1.82, 2.24) is 14.8 Å². The molecule has 2 bridgehead atoms. The van der Waals surface area contributed by atoms with E-state index in [1.165, 1.54) is 17.0 Å². The SMILES string of the molecule is O=C1Nc2ccc(F)cc2CN1CC(=O)N1C[C@@H]2C=C(c3ccccn3)[C@H]1C2. The van der Waals surface area contributed by atoms with Gasteiger partial charge in [0.1, 0.15) is 12.4 Å². The second-order valence-electron chi connectivity index (χ2n) is 7.48. The molecular formula is C21H19FN4O2. The minimum absolute atomic E-state index is 0.00461. The number of carbonyl (C=O) groups excluding carboxylic acids is 2. The zero-order valence-electron chi connectivity index (χ0n) is 15.1. The van der Waals surface area contributed by atoms with Gasteiger partial charge < -0.3 is 15.1 Å². The number of benzene rings is 1. The van der Waals surface area contributed by atoms with Crippen LogP contribution in [0.25, 0.3) is 5.57 Å². The molecular weight excluding hydrogens is 359 g/mol. The molecule has 2 aromatic rings. The summed E-state index contributed by atoms with van der Waals surface area (Å²) in [5.41, 5.74) is 3.24. The molecule has 5 rings (SSSR count). The van der Waals surface area contributed by atoms with E-state index in [1.54, 1.807) is 12.3 Å². The highest BCUT2D eigenvalue weighted by atomic mass is 19.1. The van der Waals surface area contributed by atoms with Crippen LogP contribution in [0.15, 0.2) is 48.7 Å². The molecule has 1 aromatic carbocycles. The third kappa shape index (κ3) is 2.83. The Labute approximate surface area is 161 Å². The molecule has 1 saturated heterocycles. The number of pyridine rings is 1. The zero-order chi connectivity index (χ0) is 19.3. The van der Waals surface area contributed by atoms with Crippen molar-refractivity contribution in [1.29, 1.82) is 0 Å². The van der Waals surface area contributed by atoms with Crippen LogP contribution in [-0.4, -0.2) is 45.9 Å². The highest BCUT2D eigenvalue weighted by Gasteiger charge is 2.42. The third-order valence-corrected chi connectivity index (χ3v) is 5.67. The Morgan fingerprint density at radius 1 is 1.29 bits per heavy atom. The standard InChI is InChI=1S/C21H19FN4O2/c22-15-4-5-17-14(9-15)11-25(21(28)24-17)12-20(27)26-10-13-7-16(19(26)8-13)18-3-1-2-6-23-18/h1-7,9,13,19H,8,10-12H2,(H,24,28)/t13-,19-/m1/s1. The Balaban J connectivity index is 1.32. The first-order valence-corrected chi connectivity index (χ1v) is 9.35. The highest BCUT2D eigenvalue weighted by Crippen LogP contribution is 2.41. The van der Waals surface area contributed by atoms with Gasteiger partial charge in [-0.05, 0) is 53.8 Å². The van der Waals surface area contributed by atoms with Crippen molar-refractivity contribution in [3.8, 4) is 0 Å². The Bertz CT molecular complexity index is 991. The maximum Gasteiger partial charge on any atom is 0.322 e. The molecule has 1 aromatic heterocycles. The fourth-order valence-electron chi connectivity index (χ4n) is 4.38. The molecule has 3 aliphatic rings. The van der Waals surface area contributed by atoms with Gasteiger partial charge in [0.15, 0.2) is 0 Å². The fraction of sp³-hybridized carbons (Fsp3) is 0.286. The van der Waals surface area contributed by atoms with Crippen LogP contribution in [0.1, 0.15) is 17.7 Å². The molecule has 3 amide bonds. The van der Waals surface area contributed by atoms with Gasteiger partial charge in [-0.2, -0.15) is 0 Å². The molecule has 2 aliphatic heterocycles. The van der Waals surface area contributed by atoms with Crippen molar-refractivity contribution in [2.45, 2.75) is 19.0 Å². The second-order valence-corrected chi connectivity index (χ2v) is 7.48. The summed E-state index contributed by atoms with van der Waals surface area (Å²) in [6.45, 7) is 0.858. The molecule has 28 heavy (non-hydrogen) atoms. The molecule has 1 N–H and O–H groups in total. The van der Waals surface area contributed by atoms with Gasteiger partial charge in [0, 0.05) is 18.4 Å². The summed E-state index contributed by atoms with van der Waals surface area (Å²) < 4.78 is 13.5. The van der Waals surface area contributed by atoms with E-state index in [4.69, 9.17) is 0 Å². The van der Waals surface area contributed by atoms with Crippen LogP contribution in [0.5, 0.6) is 0 Å². The number of hydrogen-bond acceptors (Lipinski definition) is 3. The Kier molecular flexibility index (Phi) is 3.89. The summed E-state index contributed by atoms with van der Waals surface area (Å²) in [5, 5.41) is 2.73. The van der Waals surface area contributed by atoms with Crippen molar-refractivity contribution in [2.75, 3.05) is 18.4 Å². The number of anilines is 1. The lowest BCUT2D eigenvalue weighted by atomic mass is 10.0. The molecule has 142 valence electrons. The predicted octanol–water partition coefficient (Wildman–Crippen LogP) is 2.88. The van der Waals surface area contributed by atoms with E-state index < -0.39 is 0 Å². The van der Waals surface area contributed by atoms with Crippen LogP contribution in [0.4, 0.5) is 14.9 Å². The lowest BCUT2D eigenvalue weighted by Gasteiger charge is -2.33. The molecule has 0 spiro atoms. The van der Waals surface area contributed by atoms with E-state index in [0.717, 1.165) is 17.7 Å². The zero-order valence-corrected chi connectivity index (χ0v) is 15.1. The number of aromatic nitrogens is 1. The van der Waals surface area contributed by atoms with Crippen molar-refractivity contribution in [2.24, 2.45) is 5.92 Å². The van der Waals surface area contributed by atoms with Crippen LogP contribution in [0.3, 0.4) is 0 Å². The normalized spacial score (nSPS) is 22.8. The molecule has 3 heterocycles. The number of carbonyl (C=O) groups is 2. The van der Waals surface area contributed by atoms with Gasteiger partial charge in [0.05, 0.1) is 18.3 Å². The molecule has 1 fully saturated rings. The summed E-state index contributed by atoms with van der Waals surface area (Å²) in [5.74, 6) is -0.122. The van der Waals surface area contributed by atoms with E-state index in [-0.39, 0.29) is 36.9 Å². The topological polar surface area (TPSA) is 65.5 Å². The number of nitrogens with zero attached hydrogens (tertiary/aromatic N) is 3. The largest absolute Gasteiger partial charge is 0.333 e. The molecule has 0 radical (unpaired) electrons. The number of urea groups is 1. The lowest BCUT2D eigenvalue weighted by Crippen LogP contribution is -2.48. The average molecular weight is 378 g/mol. The lowest BCUT2D eigenvalue weighted by molar-refractivity contribution is -0.132. The Morgan fingerprint density at radius 3 is 2.96 bits per heavy atom. The van der Waals surface area contributed by atoms with E-state index in [0.29, 0.717) is 23.7 Å². The number of hydrogen-bond donors (Lipinski definition) is 1. The van der Waals surface area contributed by atoms with Gasteiger partial charge in [-0.3, -0.25) is 9.78 Å². The van der Waals surface area contributed by atoms with Crippen molar-refractivity contribution >= 4 is 23.2 Å². The van der Waals surface area contributed by atoms with Crippen LogP contribution < -0.4 is 5.32 Å². The monoisotopic (exact) mass is 378 g/mol. The number of fused-ring (bicyclic) bond motifs is 3. The molecule has 7 heteroatoms. The molecule has 2 atom stereocenters. The number of halogens is 1. The summed E-state index contributed by atoms with van der Waals surface area (Å²) >= 11 is 0. The molecule has 6 nitrogen and oxygen atoms in total. The van der Waals surface area contributed by atoms with Crippen molar-refractivity contribution < 1.29 is 14.0 Å². The Hall–Kier alpha value is -3.22. The third-order valence-electron chi connectivity index (χ3n) is 5.67. The number of rotatable bonds is 3. The first-order chi connectivity index (χ1) is 13.6. The first kappa shape index (κ1) is 16.9. The summed E-state index contributed by atoms with van der Waals surface area (Å²) in [7, 11) is 0. The summed E-state index contributed by atoms with van der Waals surface area (Å²) in [6, 6.07) is 9.69. The quantitative estimate of drug-likeness (QED) is 0.893. The number of likely N-dealkylation sites (tertiary alicyclic amines) is 1. The van der Waals surface area contributed by atoms with E-state index in [9.17, 15) is 14.0 Å². The predicted molar refractivity (Wildman–Crippen MR) is 102 cm³/mol. The van der Waals surface area contributed by atoms with E-state index >= 15 is 0 Å². The minimum Gasteiger partial charge on any atom is -0.333 e. The van der Waals surface area contributed by atoms with Crippen LogP contribution in [0.2, 0.25) is 0 Å². The van der Waals surface area contributed by atoms with Crippen LogP contribution in [0, 0.1) is 11.7 Å². The number of amides is 3. The van der Waals surface area contributed by atoms with Crippen molar-refractivity contribution in [3.63, 3.8) is 0 Å². The van der Waals surface area contributed by atoms with Crippen LogP contribution >= 0.6 is 0 Å². The Morgan fingerprint density at radius 2 is 2.18 bits per heavy atom. The molecule has 0 unspecified atom stereocenters. The van der Waals surface area contributed by atoms with Gasteiger partial charge in [-0.15, -0.1) is 0 Å². The van der Waals surface area contributed by atoms with Gasteiger partial charge >= 0.3 is 6.03 Å². The van der Waals surface area contributed by atoms with E-state index in [2.05, 4.69) is 16.4 Å². The van der Waals surface area contributed by atoms with Gasteiger partial charge in [-0.25, -0.2) is 9.18 Å². The first-order valence-electron chi connectivity index (χ1n) is 9.35. The summed E-state index contributed by atoms with van der Waals surface area (Å²) in [6.07, 6.45) is 4.87. The van der Waals surface area contributed by atoms with Gasteiger partial charge in [0.25, 0.3) is 0 Å². The smallest absolute Gasteiger partial charge is 0.322 e. The van der Waals surface area contributed by atoms with Gasteiger partial charge in [0.2, 0.25) is 5.91 Å². The average Bonchev–Trinajstić information content (AvgIpc) is 3.31. The van der Waals surface area contributed by atoms with Crippen LogP contribution in [-0.2, 0) is 11.3 Å². The summed E-state index contributed by atoms with van der Waals surface area (Å²) in [4.78, 5) is 33.1. The fourth-order valence-corrected chi connectivity index (χ4v) is 4.38. The molecule has 0 saturated carbocycles. The second kappa shape index (κ2) is 6.44. The highest BCUT2D eigenvalue weighted by molar-refractivity contribution is 5.95.